The summed E-state index contributed by atoms with van der Waals surface area (Å²) in [6, 6.07) is 8.52. The highest BCUT2D eigenvalue weighted by molar-refractivity contribution is 7.89. The predicted molar refractivity (Wildman–Crippen MR) is 90.8 cm³/mol. The van der Waals surface area contributed by atoms with Gasteiger partial charge in [0.2, 0.25) is 15.9 Å². The average Bonchev–Trinajstić information content (AvgIpc) is 2.52. The van der Waals surface area contributed by atoms with E-state index in [4.69, 9.17) is 0 Å². The lowest BCUT2D eigenvalue weighted by molar-refractivity contribution is -0.114. The number of anilines is 2. The fourth-order valence-electron chi connectivity index (χ4n) is 1.96. The van der Waals surface area contributed by atoms with Crippen LogP contribution in [-0.4, -0.2) is 39.3 Å². The highest BCUT2D eigenvalue weighted by Crippen LogP contribution is 2.17. The molecule has 2 aromatic carbocycles. The van der Waals surface area contributed by atoms with Gasteiger partial charge in [-0.3, -0.25) is 4.79 Å². The van der Waals surface area contributed by atoms with Gasteiger partial charge in [0.25, 0.3) is 0 Å². The molecular weight excluding hydrogens is 352 g/mol. The largest absolute Gasteiger partial charge is 0.376 e. The molecule has 0 aliphatic heterocycles. The van der Waals surface area contributed by atoms with E-state index in [2.05, 4.69) is 10.6 Å². The molecule has 0 spiro atoms. The van der Waals surface area contributed by atoms with Crippen LogP contribution in [0.1, 0.15) is 0 Å². The van der Waals surface area contributed by atoms with Crippen molar-refractivity contribution in [2.24, 2.45) is 0 Å². The highest BCUT2D eigenvalue weighted by Gasteiger charge is 2.16. The smallest absolute Gasteiger partial charge is 0.243 e. The lowest BCUT2D eigenvalue weighted by Crippen LogP contribution is -2.23. The van der Waals surface area contributed by atoms with Gasteiger partial charge in [0, 0.05) is 31.5 Å². The first-order valence-electron chi connectivity index (χ1n) is 7.21. The van der Waals surface area contributed by atoms with Crippen LogP contribution in [0.15, 0.2) is 47.4 Å². The number of sulfonamides is 1. The van der Waals surface area contributed by atoms with Crippen molar-refractivity contribution in [3.8, 4) is 0 Å². The van der Waals surface area contributed by atoms with Gasteiger partial charge in [-0.05, 0) is 36.4 Å². The minimum atomic E-state index is -3.54. The Morgan fingerprint density at radius 3 is 2.08 bits per heavy atom. The maximum absolute atomic E-state index is 13.1. The number of nitrogens with one attached hydrogen (secondary N) is 2. The molecule has 0 heterocycles. The van der Waals surface area contributed by atoms with E-state index in [1.165, 1.54) is 38.4 Å². The lowest BCUT2D eigenvalue weighted by atomic mass is 10.3. The molecule has 2 aromatic rings. The standard InChI is InChI=1S/C16H17F2N3O3S/c1-21(2)25(23,24)15-5-3-13(4-6-15)20-16(22)10-19-14-8-11(17)7-12(18)9-14/h3-9,19H,10H2,1-2H3,(H,20,22). The third-order valence-electron chi connectivity index (χ3n) is 3.23. The van der Waals surface area contributed by atoms with Crippen molar-refractivity contribution in [2.45, 2.75) is 4.90 Å². The molecule has 0 atom stereocenters. The average molecular weight is 369 g/mol. The van der Waals surface area contributed by atoms with Crippen LogP contribution in [0.5, 0.6) is 0 Å². The molecule has 0 saturated heterocycles. The summed E-state index contributed by atoms with van der Waals surface area (Å²) >= 11 is 0. The van der Waals surface area contributed by atoms with Gasteiger partial charge in [0.1, 0.15) is 11.6 Å². The molecule has 134 valence electrons. The van der Waals surface area contributed by atoms with Gasteiger partial charge in [-0.2, -0.15) is 0 Å². The molecule has 0 aliphatic rings. The van der Waals surface area contributed by atoms with Crippen LogP contribution in [0.25, 0.3) is 0 Å². The van der Waals surface area contributed by atoms with Gasteiger partial charge in [-0.1, -0.05) is 0 Å². The first-order valence-corrected chi connectivity index (χ1v) is 8.65. The van der Waals surface area contributed by atoms with E-state index < -0.39 is 27.6 Å². The van der Waals surface area contributed by atoms with Crippen molar-refractivity contribution in [1.29, 1.82) is 0 Å². The number of rotatable bonds is 6. The number of carbonyl (C=O) groups excluding carboxylic acids is 1. The molecule has 0 saturated carbocycles. The first kappa shape index (κ1) is 18.8. The third-order valence-corrected chi connectivity index (χ3v) is 5.06. The normalized spacial score (nSPS) is 11.4. The predicted octanol–water partition coefficient (Wildman–Crippen LogP) is 2.27. The van der Waals surface area contributed by atoms with Gasteiger partial charge >= 0.3 is 0 Å². The van der Waals surface area contributed by atoms with E-state index >= 15 is 0 Å². The summed E-state index contributed by atoms with van der Waals surface area (Å²) in [7, 11) is -0.694. The molecule has 0 bridgehead atoms. The minimum Gasteiger partial charge on any atom is -0.376 e. The van der Waals surface area contributed by atoms with Crippen LogP contribution in [0, 0.1) is 11.6 Å². The summed E-state index contributed by atoms with van der Waals surface area (Å²) in [5, 5.41) is 5.15. The van der Waals surface area contributed by atoms with Crippen LogP contribution >= 0.6 is 0 Å². The van der Waals surface area contributed by atoms with Crippen molar-refractivity contribution < 1.29 is 22.0 Å². The zero-order valence-electron chi connectivity index (χ0n) is 13.6. The molecule has 0 radical (unpaired) electrons. The topological polar surface area (TPSA) is 78.5 Å². The van der Waals surface area contributed by atoms with Crippen molar-refractivity contribution >= 4 is 27.3 Å². The number of carbonyl (C=O) groups is 1. The summed E-state index contributed by atoms with van der Waals surface area (Å²) < 4.78 is 51.1. The second-order valence-electron chi connectivity index (χ2n) is 5.37. The number of amides is 1. The number of benzene rings is 2. The van der Waals surface area contributed by atoms with E-state index in [-0.39, 0.29) is 17.1 Å². The molecular formula is C16H17F2N3O3S. The Hall–Kier alpha value is -2.52. The maximum Gasteiger partial charge on any atom is 0.243 e. The second kappa shape index (κ2) is 7.58. The zero-order valence-corrected chi connectivity index (χ0v) is 14.4. The fraction of sp³-hybridized carbons (Fsp3) is 0.188. The Balaban J connectivity index is 1.97. The van der Waals surface area contributed by atoms with Crippen LogP contribution in [-0.2, 0) is 14.8 Å². The monoisotopic (exact) mass is 369 g/mol. The SMILES string of the molecule is CN(C)S(=O)(=O)c1ccc(NC(=O)CNc2cc(F)cc(F)c2)cc1. The van der Waals surface area contributed by atoms with E-state index in [0.29, 0.717) is 5.69 Å². The van der Waals surface area contributed by atoms with Crippen molar-refractivity contribution in [2.75, 3.05) is 31.3 Å². The van der Waals surface area contributed by atoms with Crippen molar-refractivity contribution in [1.82, 2.24) is 4.31 Å². The van der Waals surface area contributed by atoms with Crippen LogP contribution in [0.3, 0.4) is 0 Å². The van der Waals surface area contributed by atoms with Crippen LogP contribution in [0.4, 0.5) is 20.2 Å². The van der Waals surface area contributed by atoms with E-state index in [1.54, 1.807) is 0 Å². The molecule has 25 heavy (non-hydrogen) atoms. The summed E-state index contributed by atoms with van der Waals surface area (Å²) in [5.41, 5.74) is 0.537. The van der Waals surface area contributed by atoms with E-state index in [9.17, 15) is 22.0 Å². The van der Waals surface area contributed by atoms with Gasteiger partial charge in [0.15, 0.2) is 0 Å². The Bertz CT molecular complexity index is 848. The number of hydrogen-bond acceptors (Lipinski definition) is 4. The van der Waals surface area contributed by atoms with Gasteiger partial charge in [0.05, 0.1) is 11.4 Å². The Kier molecular flexibility index (Phi) is 5.70. The third kappa shape index (κ3) is 4.97. The fourth-order valence-corrected chi connectivity index (χ4v) is 2.87. The molecule has 0 aromatic heterocycles. The van der Waals surface area contributed by atoms with Crippen LogP contribution in [0.2, 0.25) is 0 Å². The zero-order chi connectivity index (χ0) is 18.6. The minimum absolute atomic E-state index is 0.101. The molecule has 0 fully saturated rings. The number of hydrogen-bond donors (Lipinski definition) is 2. The van der Waals surface area contributed by atoms with Crippen LogP contribution < -0.4 is 10.6 Å². The molecule has 1 amide bonds. The molecule has 6 nitrogen and oxygen atoms in total. The first-order chi connectivity index (χ1) is 11.7. The van der Waals surface area contributed by atoms with E-state index in [1.807, 2.05) is 0 Å². The number of nitrogens with zero attached hydrogens (tertiary/aromatic N) is 1. The van der Waals surface area contributed by atoms with Gasteiger partial charge < -0.3 is 10.6 Å². The van der Waals surface area contributed by atoms with Gasteiger partial charge in [-0.15, -0.1) is 0 Å². The molecule has 0 aliphatic carbocycles. The Morgan fingerprint density at radius 1 is 1.00 bits per heavy atom. The second-order valence-corrected chi connectivity index (χ2v) is 7.52. The van der Waals surface area contributed by atoms with Crippen molar-refractivity contribution in [3.05, 3.63) is 54.1 Å². The summed E-state index contributed by atoms with van der Waals surface area (Å²) in [6.07, 6.45) is 0. The van der Waals surface area contributed by atoms with E-state index in [0.717, 1.165) is 22.5 Å². The summed E-state index contributed by atoms with van der Waals surface area (Å²) in [5.74, 6) is -1.95. The maximum atomic E-state index is 13.1. The molecule has 9 heteroatoms. The molecule has 2 rings (SSSR count). The van der Waals surface area contributed by atoms with Gasteiger partial charge in [-0.25, -0.2) is 21.5 Å². The summed E-state index contributed by atoms with van der Waals surface area (Å²) in [4.78, 5) is 12.0. The molecule has 2 N–H and O–H groups in total. The van der Waals surface area contributed by atoms with Crippen molar-refractivity contribution in [3.63, 3.8) is 0 Å². The summed E-state index contributed by atoms with van der Waals surface area (Å²) in [6.45, 7) is -0.208. The lowest BCUT2D eigenvalue weighted by Gasteiger charge is -2.12. The number of halogens is 2. The molecule has 0 unspecified atom stereocenters. The highest BCUT2D eigenvalue weighted by atomic mass is 32.2. The quantitative estimate of drug-likeness (QED) is 0.819. The Morgan fingerprint density at radius 2 is 1.56 bits per heavy atom. The Labute approximate surface area is 144 Å².